The van der Waals surface area contributed by atoms with Gasteiger partial charge in [-0.2, -0.15) is 13.2 Å². The zero-order valence-electron chi connectivity index (χ0n) is 12.9. The van der Waals surface area contributed by atoms with Crippen LogP contribution in [-0.4, -0.2) is 57.8 Å². The zero-order chi connectivity index (χ0) is 17.0. The number of amides is 1. The molecule has 2 rings (SSSR count). The van der Waals surface area contributed by atoms with E-state index in [1.165, 1.54) is 0 Å². The van der Waals surface area contributed by atoms with Gasteiger partial charge < -0.3 is 15.0 Å². The highest BCUT2D eigenvalue weighted by Gasteiger charge is 2.30. The summed E-state index contributed by atoms with van der Waals surface area (Å²) in [7, 11) is 1.81. The van der Waals surface area contributed by atoms with Crippen molar-refractivity contribution in [3.05, 3.63) is 18.2 Å². The van der Waals surface area contributed by atoms with Gasteiger partial charge in [-0.15, -0.1) is 0 Å². The molecule has 0 radical (unpaired) electrons. The van der Waals surface area contributed by atoms with E-state index < -0.39 is 24.7 Å². The number of hydrogen-bond acceptors (Lipinski definition) is 4. The monoisotopic (exact) mass is 334 g/mol. The molecule has 130 valence electrons. The number of aliphatic hydroxyl groups excluding tert-OH is 1. The summed E-state index contributed by atoms with van der Waals surface area (Å²) >= 11 is 0. The zero-order valence-corrected chi connectivity index (χ0v) is 12.9. The minimum atomic E-state index is -4.39. The summed E-state index contributed by atoms with van der Waals surface area (Å²) in [5.41, 5.74) is 0. The van der Waals surface area contributed by atoms with Crippen LogP contribution in [0.1, 0.15) is 24.8 Å². The van der Waals surface area contributed by atoms with Gasteiger partial charge in [0.05, 0.1) is 6.54 Å². The summed E-state index contributed by atoms with van der Waals surface area (Å²) < 4.78 is 37.9. The van der Waals surface area contributed by atoms with Crippen LogP contribution < -0.4 is 5.32 Å². The lowest BCUT2D eigenvalue weighted by atomic mass is 9.90. The number of alkyl halides is 3. The van der Waals surface area contributed by atoms with Crippen LogP contribution in [0.5, 0.6) is 0 Å². The Morgan fingerprint density at radius 2 is 2.13 bits per heavy atom. The number of carbonyl (C=O) groups excluding carboxylic acids is 1. The molecule has 0 aliphatic carbocycles. The van der Waals surface area contributed by atoms with E-state index in [0.717, 1.165) is 0 Å². The number of aliphatic hydroxyl groups is 1. The molecule has 6 nitrogen and oxygen atoms in total. The molecule has 1 aliphatic rings. The first-order valence-corrected chi connectivity index (χ1v) is 7.47. The number of imidazole rings is 1. The molecule has 23 heavy (non-hydrogen) atoms. The van der Waals surface area contributed by atoms with Gasteiger partial charge in [-0.3, -0.25) is 9.69 Å². The summed E-state index contributed by atoms with van der Waals surface area (Å²) in [5, 5.41) is 12.2. The van der Waals surface area contributed by atoms with E-state index >= 15 is 0 Å². The third-order valence-electron chi connectivity index (χ3n) is 4.05. The molecule has 2 N–H and O–H groups in total. The molecule has 1 unspecified atom stereocenters. The molecular formula is C14H21F3N4O2. The first kappa shape index (κ1) is 17.7. The standard InChI is InChI=1S/C14H21F3N4O2/c1-20-7-4-18-13(20)12(23)10-2-5-21(6-3-10)8-11(22)19-9-14(15,16)17/h4,7,10,12,23H,2-3,5-6,8-9H2,1H3,(H,19,22). The molecule has 1 aromatic rings. The number of hydrogen-bond donors (Lipinski definition) is 2. The molecule has 1 aromatic heterocycles. The fourth-order valence-corrected chi connectivity index (χ4v) is 2.76. The van der Waals surface area contributed by atoms with Gasteiger partial charge in [0.15, 0.2) is 0 Å². The van der Waals surface area contributed by atoms with Crippen LogP contribution in [-0.2, 0) is 11.8 Å². The number of carbonyl (C=O) groups is 1. The Hall–Kier alpha value is -1.61. The second-order valence-corrected chi connectivity index (χ2v) is 5.85. The molecule has 0 bridgehead atoms. The number of aryl methyl sites for hydroxylation is 1. The Balaban J connectivity index is 1.76. The van der Waals surface area contributed by atoms with E-state index in [9.17, 15) is 23.1 Å². The number of nitrogens with one attached hydrogen (secondary N) is 1. The number of aromatic nitrogens is 2. The van der Waals surface area contributed by atoms with Crippen LogP contribution in [0.4, 0.5) is 13.2 Å². The molecule has 9 heteroatoms. The highest BCUT2D eigenvalue weighted by molar-refractivity contribution is 5.78. The summed E-state index contributed by atoms with van der Waals surface area (Å²) in [4.78, 5) is 17.4. The Kier molecular flexibility index (Phi) is 5.64. The maximum atomic E-state index is 12.0. The molecule has 1 atom stereocenters. The van der Waals surface area contributed by atoms with Crippen LogP contribution in [0.3, 0.4) is 0 Å². The van der Waals surface area contributed by atoms with Crippen LogP contribution >= 0.6 is 0 Å². The van der Waals surface area contributed by atoms with Gasteiger partial charge in [0, 0.05) is 19.4 Å². The summed E-state index contributed by atoms with van der Waals surface area (Å²) in [6.07, 6.45) is -0.343. The molecule has 2 heterocycles. The van der Waals surface area contributed by atoms with Gasteiger partial charge in [0.1, 0.15) is 18.5 Å². The predicted octanol–water partition coefficient (Wildman–Crippen LogP) is 0.844. The Morgan fingerprint density at radius 1 is 1.48 bits per heavy atom. The SMILES string of the molecule is Cn1ccnc1C(O)C1CCN(CC(=O)NCC(F)(F)F)CC1. The van der Waals surface area contributed by atoms with E-state index in [1.807, 2.05) is 12.4 Å². The fourth-order valence-electron chi connectivity index (χ4n) is 2.76. The van der Waals surface area contributed by atoms with Crippen molar-refractivity contribution in [2.75, 3.05) is 26.2 Å². The minimum absolute atomic E-state index is 0.0330. The minimum Gasteiger partial charge on any atom is -0.385 e. The van der Waals surface area contributed by atoms with Crippen LogP contribution in [0.2, 0.25) is 0 Å². The van der Waals surface area contributed by atoms with Gasteiger partial charge in [0.25, 0.3) is 0 Å². The van der Waals surface area contributed by atoms with Crippen molar-refractivity contribution in [1.29, 1.82) is 0 Å². The Morgan fingerprint density at radius 3 is 2.65 bits per heavy atom. The van der Waals surface area contributed by atoms with Crippen LogP contribution in [0, 0.1) is 5.92 Å². The second kappa shape index (κ2) is 7.31. The highest BCUT2D eigenvalue weighted by Crippen LogP contribution is 2.29. The van der Waals surface area contributed by atoms with Gasteiger partial charge in [-0.1, -0.05) is 0 Å². The molecule has 1 saturated heterocycles. The van der Waals surface area contributed by atoms with Crippen molar-refractivity contribution >= 4 is 5.91 Å². The summed E-state index contributed by atoms with van der Waals surface area (Å²) in [6.45, 7) is -0.237. The predicted molar refractivity (Wildman–Crippen MR) is 76.4 cm³/mol. The summed E-state index contributed by atoms with van der Waals surface area (Å²) in [6, 6.07) is 0. The first-order valence-electron chi connectivity index (χ1n) is 7.47. The lowest BCUT2D eigenvalue weighted by molar-refractivity contribution is -0.139. The Bertz CT molecular complexity index is 524. The van der Waals surface area contributed by atoms with Gasteiger partial charge >= 0.3 is 6.18 Å². The third kappa shape index (κ3) is 5.21. The normalized spacial score (nSPS) is 18.8. The third-order valence-corrected chi connectivity index (χ3v) is 4.05. The maximum Gasteiger partial charge on any atom is 0.405 e. The molecular weight excluding hydrogens is 313 g/mol. The van der Waals surface area contributed by atoms with E-state index in [-0.39, 0.29) is 12.5 Å². The average Bonchev–Trinajstić information content (AvgIpc) is 2.91. The average molecular weight is 334 g/mol. The van der Waals surface area contributed by atoms with Crippen LogP contribution in [0.15, 0.2) is 12.4 Å². The van der Waals surface area contributed by atoms with Crippen molar-refractivity contribution in [3.63, 3.8) is 0 Å². The van der Waals surface area contributed by atoms with Crippen molar-refractivity contribution in [2.24, 2.45) is 13.0 Å². The van der Waals surface area contributed by atoms with Crippen molar-refractivity contribution in [2.45, 2.75) is 25.1 Å². The van der Waals surface area contributed by atoms with E-state index in [0.29, 0.717) is 31.8 Å². The van der Waals surface area contributed by atoms with Gasteiger partial charge in [0.2, 0.25) is 5.91 Å². The van der Waals surface area contributed by atoms with E-state index in [1.54, 1.807) is 21.9 Å². The lowest BCUT2D eigenvalue weighted by Gasteiger charge is -2.33. The quantitative estimate of drug-likeness (QED) is 0.837. The largest absolute Gasteiger partial charge is 0.405 e. The molecule has 0 aromatic carbocycles. The number of nitrogens with zero attached hydrogens (tertiary/aromatic N) is 3. The molecule has 1 fully saturated rings. The van der Waals surface area contributed by atoms with Crippen molar-refractivity contribution in [3.8, 4) is 0 Å². The van der Waals surface area contributed by atoms with Gasteiger partial charge in [-0.25, -0.2) is 4.98 Å². The smallest absolute Gasteiger partial charge is 0.385 e. The molecule has 0 saturated carbocycles. The Labute approximate surface area is 132 Å². The topological polar surface area (TPSA) is 70.4 Å². The van der Waals surface area contributed by atoms with Gasteiger partial charge in [-0.05, 0) is 31.8 Å². The molecule has 0 spiro atoms. The number of piperidine rings is 1. The lowest BCUT2D eigenvalue weighted by Crippen LogP contribution is -2.44. The summed E-state index contributed by atoms with van der Waals surface area (Å²) in [5.74, 6) is 0.00220. The van der Waals surface area contributed by atoms with E-state index in [4.69, 9.17) is 0 Å². The number of halogens is 3. The highest BCUT2D eigenvalue weighted by atomic mass is 19.4. The van der Waals surface area contributed by atoms with Crippen molar-refractivity contribution < 1.29 is 23.1 Å². The maximum absolute atomic E-state index is 12.0. The van der Waals surface area contributed by atoms with E-state index in [2.05, 4.69) is 4.98 Å². The first-order chi connectivity index (χ1) is 10.8. The number of likely N-dealkylation sites (tertiary alicyclic amines) is 1. The fraction of sp³-hybridized carbons (Fsp3) is 0.714. The molecule has 1 aliphatic heterocycles. The van der Waals surface area contributed by atoms with Crippen molar-refractivity contribution in [1.82, 2.24) is 19.8 Å². The molecule has 1 amide bonds. The van der Waals surface area contributed by atoms with Crippen LogP contribution in [0.25, 0.3) is 0 Å². The second-order valence-electron chi connectivity index (χ2n) is 5.85. The number of rotatable bonds is 5.